The van der Waals surface area contributed by atoms with E-state index in [0.29, 0.717) is 0 Å². The molecule has 0 heterocycles. The molecule has 3 nitrogen and oxygen atoms in total. The van der Waals surface area contributed by atoms with Crippen molar-refractivity contribution in [1.82, 2.24) is 0 Å². The van der Waals surface area contributed by atoms with Crippen LogP contribution in [0.1, 0.15) is 31.7 Å². The fourth-order valence-electron chi connectivity index (χ4n) is 1.58. The van der Waals surface area contributed by atoms with E-state index >= 15 is 0 Å². The molecule has 0 aliphatic rings. The van der Waals surface area contributed by atoms with Crippen LogP contribution >= 0.6 is 0 Å². The van der Waals surface area contributed by atoms with Gasteiger partial charge in [-0.25, -0.2) is 8.78 Å². The van der Waals surface area contributed by atoms with Gasteiger partial charge >= 0.3 is 0 Å². The Bertz CT molecular complexity index is 544. The second-order valence-electron chi connectivity index (χ2n) is 4.15. The molecule has 1 aromatic carbocycles. The van der Waals surface area contributed by atoms with Gasteiger partial charge in [-0.2, -0.15) is 10.5 Å². The van der Waals surface area contributed by atoms with Gasteiger partial charge in [0.1, 0.15) is 17.7 Å². The van der Waals surface area contributed by atoms with Crippen molar-refractivity contribution >= 4 is 6.08 Å². The molecule has 0 saturated heterocycles. The molecule has 0 aliphatic carbocycles. The zero-order valence-electron chi connectivity index (χ0n) is 11.1. The van der Waals surface area contributed by atoms with Gasteiger partial charge in [-0.15, -0.1) is 0 Å². The quantitative estimate of drug-likeness (QED) is 0.583. The molecule has 0 aromatic heterocycles. The lowest BCUT2D eigenvalue weighted by Gasteiger charge is -2.08. The van der Waals surface area contributed by atoms with Crippen molar-refractivity contribution < 1.29 is 13.5 Å². The molecular weight excluding hydrogens is 262 g/mol. The molecule has 0 N–H and O–H groups in total. The lowest BCUT2D eigenvalue weighted by molar-refractivity contribution is 0.276. The normalized spacial score (nSPS) is 9.45. The standard InChI is InChI=1S/C15H14F2N2O/c1-2-3-4-5-20-15-13(16)7-11(8-14(15)17)6-12(9-18)10-19/h6-8H,2-5H2,1H3. The van der Waals surface area contributed by atoms with Crippen molar-refractivity contribution in [3.05, 3.63) is 34.9 Å². The Morgan fingerprint density at radius 2 is 1.80 bits per heavy atom. The Balaban J connectivity index is 2.90. The molecule has 20 heavy (non-hydrogen) atoms. The predicted octanol–water partition coefficient (Wildman–Crippen LogP) is 3.96. The number of ether oxygens (including phenoxy) is 1. The van der Waals surface area contributed by atoms with Crippen molar-refractivity contribution in [2.45, 2.75) is 26.2 Å². The molecule has 0 unspecified atom stereocenters. The predicted molar refractivity (Wildman–Crippen MR) is 70.6 cm³/mol. The van der Waals surface area contributed by atoms with Crippen LogP contribution in [0.3, 0.4) is 0 Å². The highest BCUT2D eigenvalue weighted by molar-refractivity contribution is 5.62. The Kier molecular flexibility index (Phi) is 6.19. The largest absolute Gasteiger partial charge is 0.488 e. The second kappa shape index (κ2) is 7.91. The van der Waals surface area contributed by atoms with E-state index in [-0.39, 0.29) is 17.7 Å². The van der Waals surface area contributed by atoms with Crippen molar-refractivity contribution in [3.8, 4) is 17.9 Å². The van der Waals surface area contributed by atoms with Gasteiger partial charge in [0.05, 0.1) is 6.61 Å². The third-order valence-electron chi connectivity index (χ3n) is 2.57. The molecular formula is C15H14F2N2O. The first kappa shape index (κ1) is 15.7. The highest BCUT2D eigenvalue weighted by atomic mass is 19.1. The molecule has 0 spiro atoms. The monoisotopic (exact) mass is 276 g/mol. The summed E-state index contributed by atoms with van der Waals surface area (Å²) in [6.45, 7) is 2.27. The van der Waals surface area contributed by atoms with Gasteiger partial charge in [-0.05, 0) is 30.2 Å². The van der Waals surface area contributed by atoms with Gasteiger partial charge in [0.2, 0.25) is 0 Å². The van der Waals surface area contributed by atoms with Crippen LogP contribution in [0, 0.1) is 34.3 Å². The summed E-state index contributed by atoms with van der Waals surface area (Å²) in [7, 11) is 0. The average Bonchev–Trinajstić information content (AvgIpc) is 2.43. The number of nitrogens with zero attached hydrogens (tertiary/aromatic N) is 2. The maximum absolute atomic E-state index is 13.7. The SMILES string of the molecule is CCCCCOc1c(F)cc(C=C(C#N)C#N)cc1F. The number of hydrogen-bond donors (Lipinski definition) is 0. The highest BCUT2D eigenvalue weighted by Gasteiger charge is 2.12. The zero-order valence-corrected chi connectivity index (χ0v) is 11.1. The van der Waals surface area contributed by atoms with Crippen LogP contribution in [0.4, 0.5) is 8.78 Å². The van der Waals surface area contributed by atoms with Gasteiger partial charge in [-0.1, -0.05) is 19.8 Å². The topological polar surface area (TPSA) is 56.8 Å². The van der Waals surface area contributed by atoms with Crippen LogP contribution in [0.5, 0.6) is 5.75 Å². The summed E-state index contributed by atoms with van der Waals surface area (Å²) < 4.78 is 32.5. The molecule has 0 bridgehead atoms. The van der Waals surface area contributed by atoms with Crippen LogP contribution in [0.15, 0.2) is 17.7 Å². The summed E-state index contributed by atoms with van der Waals surface area (Å²) in [4.78, 5) is 0. The van der Waals surface area contributed by atoms with Crippen LogP contribution in [-0.2, 0) is 0 Å². The first-order valence-corrected chi connectivity index (χ1v) is 6.26. The van der Waals surface area contributed by atoms with Gasteiger partial charge in [0, 0.05) is 0 Å². The van der Waals surface area contributed by atoms with Gasteiger partial charge < -0.3 is 4.74 Å². The summed E-state index contributed by atoms with van der Waals surface area (Å²) >= 11 is 0. The molecule has 0 radical (unpaired) electrons. The first-order chi connectivity index (χ1) is 9.62. The summed E-state index contributed by atoms with van der Waals surface area (Å²) in [5, 5.41) is 17.2. The van der Waals surface area contributed by atoms with Crippen LogP contribution < -0.4 is 4.74 Å². The molecule has 0 aliphatic heterocycles. The Morgan fingerprint density at radius 3 is 2.30 bits per heavy atom. The number of allylic oxidation sites excluding steroid dienone is 1. The minimum absolute atomic E-state index is 0.110. The molecule has 0 saturated carbocycles. The van der Waals surface area contributed by atoms with Crippen LogP contribution in [-0.4, -0.2) is 6.61 Å². The maximum atomic E-state index is 13.7. The zero-order chi connectivity index (χ0) is 15.0. The van der Waals surface area contributed by atoms with Crippen LogP contribution in [0.25, 0.3) is 6.08 Å². The van der Waals surface area contributed by atoms with Gasteiger partial charge in [0.25, 0.3) is 0 Å². The minimum Gasteiger partial charge on any atom is -0.488 e. The van der Waals surface area contributed by atoms with Gasteiger partial charge in [-0.3, -0.25) is 0 Å². The Labute approximate surface area is 116 Å². The molecule has 0 amide bonds. The van der Waals surface area contributed by atoms with E-state index in [1.165, 1.54) is 0 Å². The van der Waals surface area contributed by atoms with E-state index in [1.807, 2.05) is 6.92 Å². The lowest BCUT2D eigenvalue weighted by Crippen LogP contribution is -2.02. The smallest absolute Gasteiger partial charge is 0.190 e. The van der Waals surface area contributed by atoms with Crippen molar-refractivity contribution in [1.29, 1.82) is 10.5 Å². The molecule has 1 aromatic rings. The number of rotatable bonds is 6. The first-order valence-electron chi connectivity index (χ1n) is 6.26. The van der Waals surface area contributed by atoms with Crippen LogP contribution in [0.2, 0.25) is 0 Å². The molecule has 5 heteroatoms. The number of benzene rings is 1. The minimum atomic E-state index is -0.844. The van der Waals surface area contributed by atoms with E-state index in [2.05, 4.69) is 0 Å². The molecule has 0 atom stereocenters. The fraction of sp³-hybridized carbons (Fsp3) is 0.333. The highest BCUT2D eigenvalue weighted by Crippen LogP contribution is 2.24. The Morgan fingerprint density at radius 1 is 1.20 bits per heavy atom. The number of nitriles is 2. The van der Waals surface area contributed by atoms with Crippen molar-refractivity contribution in [2.24, 2.45) is 0 Å². The van der Waals surface area contributed by atoms with E-state index in [1.54, 1.807) is 12.1 Å². The van der Waals surface area contributed by atoms with Crippen molar-refractivity contribution in [2.75, 3.05) is 6.61 Å². The third kappa shape index (κ3) is 4.37. The Hall–Kier alpha value is -2.40. The fourth-order valence-corrected chi connectivity index (χ4v) is 1.58. The van der Waals surface area contributed by atoms with E-state index in [4.69, 9.17) is 15.3 Å². The summed E-state index contributed by atoms with van der Waals surface area (Å²) in [6.07, 6.45) is 3.76. The summed E-state index contributed by atoms with van der Waals surface area (Å²) in [6, 6.07) is 5.32. The molecule has 104 valence electrons. The third-order valence-corrected chi connectivity index (χ3v) is 2.57. The second-order valence-corrected chi connectivity index (χ2v) is 4.15. The van der Waals surface area contributed by atoms with E-state index in [0.717, 1.165) is 37.5 Å². The van der Waals surface area contributed by atoms with Crippen molar-refractivity contribution in [3.63, 3.8) is 0 Å². The van der Waals surface area contributed by atoms with Gasteiger partial charge in [0.15, 0.2) is 17.4 Å². The average molecular weight is 276 g/mol. The number of unbranched alkanes of at least 4 members (excludes halogenated alkanes) is 2. The number of hydrogen-bond acceptors (Lipinski definition) is 3. The number of halogens is 2. The van der Waals surface area contributed by atoms with E-state index < -0.39 is 17.4 Å². The summed E-state index contributed by atoms with van der Waals surface area (Å²) in [5.41, 5.74) is -0.112. The van der Waals surface area contributed by atoms with E-state index in [9.17, 15) is 8.78 Å². The lowest BCUT2D eigenvalue weighted by atomic mass is 10.1. The maximum Gasteiger partial charge on any atom is 0.190 e. The summed E-state index contributed by atoms with van der Waals surface area (Å²) in [5.74, 6) is -2.11. The molecule has 0 fully saturated rings. The molecule has 1 rings (SSSR count).